The van der Waals surface area contributed by atoms with Gasteiger partial charge in [-0.1, -0.05) is 0 Å². The molecule has 0 spiro atoms. The van der Waals surface area contributed by atoms with Crippen LogP contribution in [-0.4, -0.2) is 17.8 Å². The molecule has 1 aliphatic rings. The predicted molar refractivity (Wildman–Crippen MR) is 84.6 cm³/mol. The fourth-order valence-corrected chi connectivity index (χ4v) is 4.07. The molecule has 0 amide bonds. The monoisotopic (exact) mass is 306 g/mol. The van der Waals surface area contributed by atoms with Gasteiger partial charge in [-0.2, -0.15) is 0 Å². The van der Waals surface area contributed by atoms with Crippen LogP contribution in [0, 0.1) is 0 Å². The van der Waals surface area contributed by atoms with Gasteiger partial charge in [0.1, 0.15) is 5.75 Å². The first-order chi connectivity index (χ1) is 9.86. The summed E-state index contributed by atoms with van der Waals surface area (Å²) in [5, 5.41) is 5.75. The normalized spacial score (nSPS) is 18.4. The summed E-state index contributed by atoms with van der Waals surface area (Å²) in [5.41, 5.74) is 4.37. The molecule has 5 heteroatoms. The van der Waals surface area contributed by atoms with E-state index in [1.165, 1.54) is 22.6 Å². The number of thiazole rings is 1. The van der Waals surface area contributed by atoms with Crippen LogP contribution in [0.25, 0.3) is 0 Å². The van der Waals surface area contributed by atoms with Gasteiger partial charge >= 0.3 is 0 Å². The van der Waals surface area contributed by atoms with E-state index in [4.69, 9.17) is 4.74 Å². The lowest BCUT2D eigenvalue weighted by molar-refractivity contribution is 0.411. The Bertz CT molecular complexity index is 557. The highest BCUT2D eigenvalue weighted by atomic mass is 32.2. The number of hydrogen-bond acceptors (Lipinski definition) is 5. The molecule has 0 fully saturated rings. The Balaban J connectivity index is 1.80. The number of thioether (sulfide) groups is 1. The molecule has 0 saturated heterocycles. The van der Waals surface area contributed by atoms with Crippen LogP contribution in [0.5, 0.6) is 5.75 Å². The quantitative estimate of drug-likeness (QED) is 0.930. The Hall–Kier alpha value is -1.04. The van der Waals surface area contributed by atoms with Crippen molar-refractivity contribution in [3.8, 4) is 5.75 Å². The lowest BCUT2D eigenvalue weighted by atomic mass is 10.0. The first-order valence-corrected chi connectivity index (χ1v) is 8.71. The molecule has 1 aliphatic heterocycles. The molecule has 0 bridgehead atoms. The van der Waals surface area contributed by atoms with E-state index in [9.17, 15) is 0 Å². The van der Waals surface area contributed by atoms with Crippen LogP contribution >= 0.6 is 23.1 Å². The van der Waals surface area contributed by atoms with Crippen molar-refractivity contribution in [1.29, 1.82) is 0 Å². The van der Waals surface area contributed by atoms with E-state index in [0.29, 0.717) is 6.04 Å². The highest BCUT2D eigenvalue weighted by molar-refractivity contribution is 7.99. The van der Waals surface area contributed by atoms with E-state index in [0.717, 1.165) is 24.4 Å². The summed E-state index contributed by atoms with van der Waals surface area (Å²) in [6.45, 7) is 0.829. The number of fused-ring (bicyclic) bond motifs is 1. The third-order valence-corrected chi connectivity index (χ3v) is 5.31. The highest BCUT2D eigenvalue weighted by Crippen LogP contribution is 2.36. The van der Waals surface area contributed by atoms with Gasteiger partial charge in [-0.25, -0.2) is 4.98 Å². The molecule has 20 heavy (non-hydrogen) atoms. The van der Waals surface area contributed by atoms with E-state index in [1.807, 2.05) is 17.3 Å². The summed E-state index contributed by atoms with van der Waals surface area (Å²) in [5.74, 6) is 2.13. The molecule has 0 saturated carbocycles. The molecule has 1 atom stereocenters. The third-order valence-electron chi connectivity index (χ3n) is 3.50. The fraction of sp³-hybridized carbons (Fsp3) is 0.400. The minimum atomic E-state index is 0.386. The first-order valence-electron chi connectivity index (χ1n) is 6.78. The Kier molecular flexibility index (Phi) is 4.60. The van der Waals surface area contributed by atoms with Gasteiger partial charge in [-0.15, -0.1) is 23.1 Å². The summed E-state index contributed by atoms with van der Waals surface area (Å²) in [6.07, 6.45) is 2.40. The summed E-state index contributed by atoms with van der Waals surface area (Å²) >= 11 is 3.59. The maximum absolute atomic E-state index is 5.37. The molecule has 0 unspecified atom stereocenters. The molecule has 0 radical (unpaired) electrons. The number of nitrogens with one attached hydrogen (secondary N) is 1. The minimum absolute atomic E-state index is 0.386. The number of nitrogens with zero attached hydrogens (tertiary/aromatic N) is 1. The average molecular weight is 306 g/mol. The van der Waals surface area contributed by atoms with Gasteiger partial charge in [-0.3, -0.25) is 0 Å². The summed E-state index contributed by atoms with van der Waals surface area (Å²) in [7, 11) is 1.73. The lowest BCUT2D eigenvalue weighted by Crippen LogP contribution is -2.21. The van der Waals surface area contributed by atoms with Crippen molar-refractivity contribution in [1.82, 2.24) is 10.3 Å². The molecule has 1 N–H and O–H groups in total. The van der Waals surface area contributed by atoms with Crippen LogP contribution in [0.4, 0.5) is 0 Å². The van der Waals surface area contributed by atoms with E-state index in [-0.39, 0.29) is 0 Å². The van der Waals surface area contributed by atoms with Gasteiger partial charge in [0.05, 0.1) is 18.3 Å². The van der Waals surface area contributed by atoms with Gasteiger partial charge in [0, 0.05) is 22.9 Å². The molecule has 0 aliphatic carbocycles. The summed E-state index contributed by atoms with van der Waals surface area (Å²) in [4.78, 5) is 5.71. The number of benzene rings is 1. The van der Waals surface area contributed by atoms with Gasteiger partial charge in [0.15, 0.2) is 0 Å². The Labute approximate surface area is 127 Å². The maximum atomic E-state index is 5.37. The van der Waals surface area contributed by atoms with Crippen molar-refractivity contribution in [2.75, 3.05) is 12.9 Å². The Morgan fingerprint density at radius 2 is 2.40 bits per heavy atom. The lowest BCUT2D eigenvalue weighted by Gasteiger charge is -2.19. The van der Waals surface area contributed by atoms with Crippen LogP contribution in [0.15, 0.2) is 34.0 Å². The van der Waals surface area contributed by atoms with Gasteiger partial charge in [-0.05, 0) is 42.4 Å². The fourth-order valence-electron chi connectivity index (χ4n) is 2.45. The second-order valence-corrected chi connectivity index (χ2v) is 6.66. The zero-order valence-electron chi connectivity index (χ0n) is 11.5. The highest BCUT2D eigenvalue weighted by Gasteiger charge is 2.19. The molecular weight excluding hydrogens is 288 g/mol. The van der Waals surface area contributed by atoms with Gasteiger partial charge in [0.2, 0.25) is 0 Å². The van der Waals surface area contributed by atoms with Crippen molar-refractivity contribution < 1.29 is 4.74 Å². The second kappa shape index (κ2) is 6.61. The van der Waals surface area contributed by atoms with Crippen LogP contribution in [-0.2, 0) is 6.54 Å². The van der Waals surface area contributed by atoms with E-state index in [2.05, 4.69) is 33.9 Å². The Morgan fingerprint density at radius 3 is 3.20 bits per heavy atom. The minimum Gasteiger partial charge on any atom is -0.497 e. The van der Waals surface area contributed by atoms with Crippen LogP contribution < -0.4 is 10.1 Å². The number of aromatic nitrogens is 1. The second-order valence-electron chi connectivity index (χ2n) is 4.81. The Morgan fingerprint density at radius 1 is 1.45 bits per heavy atom. The van der Waals surface area contributed by atoms with Crippen molar-refractivity contribution in [3.05, 3.63) is 40.3 Å². The molecule has 106 valence electrons. The summed E-state index contributed by atoms with van der Waals surface area (Å²) in [6, 6.07) is 6.79. The van der Waals surface area contributed by atoms with Crippen molar-refractivity contribution in [2.24, 2.45) is 0 Å². The van der Waals surface area contributed by atoms with E-state index >= 15 is 0 Å². The van der Waals surface area contributed by atoms with Crippen LogP contribution in [0.2, 0.25) is 0 Å². The van der Waals surface area contributed by atoms with Crippen LogP contribution in [0.1, 0.15) is 30.1 Å². The first kappa shape index (κ1) is 13.9. The SMILES string of the molecule is COc1ccc2c(c1)[C@H](NCc1cscn1)CCCS2. The largest absolute Gasteiger partial charge is 0.497 e. The number of ether oxygens (including phenoxy) is 1. The predicted octanol–water partition coefficient (Wildman–Crippen LogP) is 3.87. The number of hydrogen-bond donors (Lipinski definition) is 1. The molecular formula is C15H18N2OS2. The molecule has 1 aromatic carbocycles. The van der Waals surface area contributed by atoms with Crippen molar-refractivity contribution in [2.45, 2.75) is 30.3 Å². The van der Waals surface area contributed by atoms with E-state index in [1.54, 1.807) is 18.4 Å². The van der Waals surface area contributed by atoms with Crippen LogP contribution in [0.3, 0.4) is 0 Å². The standard InChI is InChI=1S/C15H18N2OS2/c1-18-12-4-5-15-13(7-12)14(3-2-6-20-15)16-8-11-9-19-10-17-11/h4-5,7,9-10,14,16H,2-3,6,8H2,1H3/t14-/m1/s1. The molecule has 2 heterocycles. The topological polar surface area (TPSA) is 34.1 Å². The van der Waals surface area contributed by atoms with E-state index < -0.39 is 0 Å². The van der Waals surface area contributed by atoms with Gasteiger partial charge in [0.25, 0.3) is 0 Å². The zero-order valence-corrected chi connectivity index (χ0v) is 13.1. The zero-order chi connectivity index (χ0) is 13.8. The average Bonchev–Trinajstić information content (AvgIpc) is 2.92. The molecule has 3 rings (SSSR count). The summed E-state index contributed by atoms with van der Waals surface area (Å²) < 4.78 is 5.37. The number of rotatable bonds is 4. The molecule has 3 nitrogen and oxygen atoms in total. The molecule has 1 aromatic heterocycles. The van der Waals surface area contributed by atoms with Gasteiger partial charge < -0.3 is 10.1 Å². The third kappa shape index (κ3) is 3.16. The molecule has 2 aromatic rings. The van der Waals surface area contributed by atoms with Crippen molar-refractivity contribution in [3.63, 3.8) is 0 Å². The number of methoxy groups -OCH3 is 1. The maximum Gasteiger partial charge on any atom is 0.119 e. The smallest absolute Gasteiger partial charge is 0.119 e. The van der Waals surface area contributed by atoms with Crippen molar-refractivity contribution >= 4 is 23.1 Å².